The fourth-order valence-corrected chi connectivity index (χ4v) is 2.67. The summed E-state index contributed by atoms with van der Waals surface area (Å²) in [5.41, 5.74) is 15.4. The number of rotatable bonds is 4. The van der Waals surface area contributed by atoms with Crippen molar-refractivity contribution in [1.29, 1.82) is 0 Å². The molecule has 171 valence electrons. The van der Waals surface area contributed by atoms with E-state index in [4.69, 9.17) is 11.5 Å². The Bertz CT molecular complexity index is 1180. The number of fused-ring (bicyclic) bond motifs is 2. The van der Waals surface area contributed by atoms with E-state index in [1.165, 1.54) is 0 Å². The molecule has 33 heavy (non-hydrogen) atoms. The van der Waals surface area contributed by atoms with Gasteiger partial charge in [-0.1, -0.05) is 24.3 Å². The molecule has 0 fully saturated rings. The average molecular weight is 524 g/mol. The molecule has 0 spiro atoms. The monoisotopic (exact) mass is 523 g/mol. The molecule has 1 radical (unpaired) electrons. The number of nitrogens with one attached hydrogen (secondary N) is 2. The summed E-state index contributed by atoms with van der Waals surface area (Å²) in [5.74, 6) is 1.34. The van der Waals surface area contributed by atoms with Crippen LogP contribution in [0.1, 0.15) is 25.5 Å². The van der Waals surface area contributed by atoms with E-state index in [2.05, 4.69) is 65.6 Å². The average Bonchev–Trinajstić information content (AvgIpc) is 3.40. The summed E-state index contributed by atoms with van der Waals surface area (Å²) in [6.45, 7) is 3.58. The van der Waals surface area contributed by atoms with Crippen LogP contribution in [0, 0.1) is 0 Å². The van der Waals surface area contributed by atoms with Gasteiger partial charge in [-0.05, 0) is 48.4 Å². The van der Waals surface area contributed by atoms with E-state index in [0.29, 0.717) is 23.1 Å². The Morgan fingerprint density at radius 1 is 0.697 bits per heavy atom. The van der Waals surface area contributed by atoms with E-state index in [-0.39, 0.29) is 27.1 Å². The second kappa shape index (κ2) is 12.0. The SMILES string of the molecule is C/C(=N\N=C(/N)[S-])c1nc2ccccc2[nH]1.C/C(=N\N=C(/N)[S-])c1nc2ccccc2[nH]1.[Co+2]. The van der Waals surface area contributed by atoms with E-state index in [1.54, 1.807) is 13.8 Å². The number of nitrogens with zero attached hydrogens (tertiary/aromatic N) is 6. The number of para-hydroxylation sites is 4. The van der Waals surface area contributed by atoms with Crippen molar-refractivity contribution in [2.45, 2.75) is 13.8 Å². The molecule has 0 aliphatic carbocycles. The first-order valence-electron chi connectivity index (χ1n) is 9.33. The smallest absolute Gasteiger partial charge is 0.741 e. The molecular formula is C20H20CoN10S2. The van der Waals surface area contributed by atoms with Crippen LogP contribution in [0.25, 0.3) is 22.1 Å². The van der Waals surface area contributed by atoms with Gasteiger partial charge in [0.1, 0.15) is 11.4 Å². The van der Waals surface area contributed by atoms with Crippen molar-refractivity contribution in [2.75, 3.05) is 0 Å². The molecular weight excluding hydrogens is 503 g/mol. The summed E-state index contributed by atoms with van der Waals surface area (Å²) in [6, 6.07) is 15.5. The van der Waals surface area contributed by atoms with Crippen LogP contribution in [-0.2, 0) is 42.0 Å². The third-order valence-electron chi connectivity index (χ3n) is 4.06. The van der Waals surface area contributed by atoms with Crippen molar-refractivity contribution in [2.24, 2.45) is 31.9 Å². The predicted molar refractivity (Wildman–Crippen MR) is 135 cm³/mol. The first kappa shape index (κ1) is 25.9. The van der Waals surface area contributed by atoms with Gasteiger partial charge in [0.15, 0.2) is 11.6 Å². The number of nitrogens with two attached hydrogens (primary N) is 2. The zero-order chi connectivity index (χ0) is 23.1. The minimum Gasteiger partial charge on any atom is -0.741 e. The molecule has 0 saturated heterocycles. The summed E-state index contributed by atoms with van der Waals surface area (Å²) >= 11 is 9.20. The van der Waals surface area contributed by atoms with E-state index in [1.807, 2.05) is 48.5 Å². The quantitative estimate of drug-likeness (QED) is 0.139. The molecule has 0 bridgehead atoms. The van der Waals surface area contributed by atoms with Crippen LogP contribution in [0.5, 0.6) is 0 Å². The number of amidine groups is 2. The predicted octanol–water partition coefficient (Wildman–Crippen LogP) is 2.29. The minimum atomic E-state index is 0. The Kier molecular flexibility index (Phi) is 9.41. The normalized spacial score (nSPS) is 12.9. The van der Waals surface area contributed by atoms with Crippen molar-refractivity contribution >= 4 is 69.1 Å². The molecule has 2 aromatic heterocycles. The third-order valence-corrected chi connectivity index (χ3v) is 4.22. The Morgan fingerprint density at radius 3 is 1.39 bits per heavy atom. The Labute approximate surface area is 211 Å². The molecule has 0 atom stereocenters. The number of H-pyrrole nitrogens is 2. The Morgan fingerprint density at radius 2 is 1.06 bits per heavy atom. The zero-order valence-electron chi connectivity index (χ0n) is 17.6. The number of aromatic amines is 2. The van der Waals surface area contributed by atoms with Gasteiger partial charge in [-0.25, -0.2) is 9.97 Å². The van der Waals surface area contributed by atoms with Crippen LogP contribution in [0.15, 0.2) is 68.9 Å². The molecule has 13 heteroatoms. The van der Waals surface area contributed by atoms with E-state index in [9.17, 15) is 0 Å². The molecule has 6 N–H and O–H groups in total. The summed E-state index contributed by atoms with van der Waals surface area (Å²) in [7, 11) is 0. The molecule has 4 rings (SSSR count). The van der Waals surface area contributed by atoms with Gasteiger partial charge in [0.25, 0.3) is 0 Å². The van der Waals surface area contributed by atoms with Crippen molar-refractivity contribution in [3.8, 4) is 0 Å². The fourth-order valence-electron chi connectivity index (χ4n) is 2.59. The maximum atomic E-state index is 5.22. The van der Waals surface area contributed by atoms with Crippen LogP contribution >= 0.6 is 0 Å². The number of hydrogen-bond donors (Lipinski definition) is 4. The van der Waals surface area contributed by atoms with Gasteiger partial charge in [0.05, 0.1) is 22.1 Å². The van der Waals surface area contributed by atoms with Crippen LogP contribution in [0.3, 0.4) is 0 Å². The van der Waals surface area contributed by atoms with Crippen LogP contribution in [-0.4, -0.2) is 41.7 Å². The van der Waals surface area contributed by atoms with Gasteiger partial charge in [0, 0.05) is 0 Å². The Balaban J connectivity index is 0.000000227. The molecule has 0 saturated carbocycles. The third kappa shape index (κ3) is 7.32. The van der Waals surface area contributed by atoms with Gasteiger partial charge >= 0.3 is 16.8 Å². The standard InChI is InChI=1S/2C10H11N5S.Co/c2*1-6(14-15-10(11)16)9-12-7-4-2-3-5-8(7)13-9;/h2*2-5H,1H3,(H,12,13)(H3,11,15,16);/q;;+2/p-2/b2*14-6+;. The molecule has 0 amide bonds. The van der Waals surface area contributed by atoms with E-state index in [0.717, 1.165) is 22.1 Å². The van der Waals surface area contributed by atoms with Crippen molar-refractivity contribution in [3.05, 3.63) is 60.2 Å². The summed E-state index contributed by atoms with van der Waals surface area (Å²) in [6.07, 6.45) is 0. The van der Waals surface area contributed by atoms with Crippen molar-refractivity contribution < 1.29 is 16.8 Å². The number of hydrogen-bond acceptors (Lipinski definition) is 8. The maximum absolute atomic E-state index is 5.22. The second-order valence-corrected chi connectivity index (χ2v) is 7.29. The first-order chi connectivity index (χ1) is 15.3. The van der Waals surface area contributed by atoms with Gasteiger partial charge in [0.2, 0.25) is 0 Å². The Hall–Kier alpha value is -3.39. The summed E-state index contributed by atoms with van der Waals surface area (Å²) < 4.78 is 0. The first-order valence-corrected chi connectivity index (χ1v) is 10.1. The van der Waals surface area contributed by atoms with Crippen LogP contribution in [0.4, 0.5) is 0 Å². The second-order valence-electron chi connectivity index (χ2n) is 6.45. The minimum absolute atomic E-state index is 0. The van der Waals surface area contributed by atoms with Gasteiger partial charge in [-0.15, -0.1) is 0 Å². The number of benzene rings is 2. The van der Waals surface area contributed by atoms with Gasteiger partial charge in [-0.3, -0.25) is 0 Å². The van der Waals surface area contributed by atoms with E-state index < -0.39 is 0 Å². The topological polar surface area (TPSA) is 159 Å². The van der Waals surface area contributed by atoms with Crippen LogP contribution in [0.2, 0.25) is 0 Å². The molecule has 2 aromatic carbocycles. The summed E-state index contributed by atoms with van der Waals surface area (Å²) in [4.78, 5) is 15.0. The largest absolute Gasteiger partial charge is 2.00 e. The summed E-state index contributed by atoms with van der Waals surface area (Å²) in [5, 5.41) is 15.0. The molecule has 10 nitrogen and oxygen atoms in total. The van der Waals surface area contributed by atoms with Gasteiger partial charge in [-0.2, -0.15) is 20.4 Å². The number of imidazole rings is 2. The van der Waals surface area contributed by atoms with Crippen molar-refractivity contribution in [3.63, 3.8) is 0 Å². The van der Waals surface area contributed by atoms with Crippen molar-refractivity contribution in [1.82, 2.24) is 19.9 Å². The molecule has 4 aromatic rings. The molecule has 0 aliphatic rings. The zero-order valence-corrected chi connectivity index (χ0v) is 20.3. The maximum Gasteiger partial charge on any atom is 2.00 e. The van der Waals surface area contributed by atoms with E-state index >= 15 is 0 Å². The molecule has 0 aliphatic heterocycles. The fraction of sp³-hybridized carbons (Fsp3) is 0.100. The van der Waals surface area contributed by atoms with Gasteiger partial charge < -0.3 is 46.7 Å². The van der Waals surface area contributed by atoms with Crippen LogP contribution < -0.4 is 11.5 Å². The molecule has 0 unspecified atom stereocenters. The number of aromatic nitrogens is 4. The molecule has 2 heterocycles.